The summed E-state index contributed by atoms with van der Waals surface area (Å²) in [7, 11) is 0. The Labute approximate surface area is 361 Å². The maximum Gasteiger partial charge on any atom is 0.305 e. The molecule has 0 spiro atoms. The van der Waals surface area contributed by atoms with Crippen LogP contribution < -0.4 is 0 Å². The predicted molar refractivity (Wildman–Crippen MR) is 245 cm³/mol. The maximum absolute atomic E-state index is 12.5. The Morgan fingerprint density at radius 2 is 0.931 bits per heavy atom. The van der Waals surface area contributed by atoms with Gasteiger partial charge in [-0.3, -0.25) is 9.59 Å². The maximum atomic E-state index is 12.5. The van der Waals surface area contributed by atoms with E-state index in [1.807, 2.05) is 0 Å². The van der Waals surface area contributed by atoms with Crippen LogP contribution in [0.2, 0.25) is 0 Å². The number of carbonyl (C=O) groups excluding carboxylic acids is 2. The number of rotatable bonds is 43. The van der Waals surface area contributed by atoms with Gasteiger partial charge in [0.15, 0.2) is 5.79 Å². The zero-order valence-corrected chi connectivity index (χ0v) is 39.7. The third-order valence-corrected chi connectivity index (χ3v) is 12.9. The first kappa shape index (κ1) is 54.8. The lowest BCUT2D eigenvalue weighted by Crippen LogP contribution is -2.32. The van der Waals surface area contributed by atoms with Crippen molar-refractivity contribution in [1.82, 2.24) is 4.90 Å². The van der Waals surface area contributed by atoms with E-state index >= 15 is 0 Å². The van der Waals surface area contributed by atoms with Crippen LogP contribution in [0.4, 0.5) is 0 Å². The smallest absolute Gasteiger partial charge is 0.305 e. The van der Waals surface area contributed by atoms with Crippen molar-refractivity contribution in [2.75, 3.05) is 39.5 Å². The fourth-order valence-corrected chi connectivity index (χ4v) is 8.82. The van der Waals surface area contributed by atoms with Gasteiger partial charge in [-0.25, -0.2) is 0 Å². The van der Waals surface area contributed by atoms with Crippen molar-refractivity contribution >= 4 is 11.9 Å². The normalized spacial score (nSPS) is 15.3. The van der Waals surface area contributed by atoms with Crippen LogP contribution >= 0.6 is 0 Å². The van der Waals surface area contributed by atoms with Gasteiger partial charge in [0.25, 0.3) is 0 Å². The summed E-state index contributed by atoms with van der Waals surface area (Å²) in [6, 6.07) is 0. The fourth-order valence-electron chi connectivity index (χ4n) is 8.82. The Morgan fingerprint density at radius 1 is 0.534 bits per heavy atom. The number of ether oxygens (including phenoxy) is 4. The predicted octanol–water partition coefficient (Wildman–Crippen LogP) is 14.7. The summed E-state index contributed by atoms with van der Waals surface area (Å²) in [5, 5.41) is 0. The highest BCUT2D eigenvalue weighted by Gasteiger charge is 2.40. The van der Waals surface area contributed by atoms with Crippen LogP contribution in [0.1, 0.15) is 253 Å². The minimum absolute atomic E-state index is 0.0158. The fraction of sp³-hybridized carbons (Fsp3) is 0.961. The molecule has 7 nitrogen and oxygen atoms in total. The molecule has 1 fully saturated rings. The highest BCUT2D eigenvalue weighted by atomic mass is 16.7. The lowest BCUT2D eigenvalue weighted by molar-refractivity contribution is -0.180. The van der Waals surface area contributed by atoms with Gasteiger partial charge in [-0.2, -0.15) is 0 Å². The third kappa shape index (κ3) is 29.9. The van der Waals surface area contributed by atoms with Gasteiger partial charge in [0.05, 0.1) is 25.9 Å². The van der Waals surface area contributed by atoms with Crippen LogP contribution in [0.3, 0.4) is 0 Å². The molecule has 7 heteroatoms. The summed E-state index contributed by atoms with van der Waals surface area (Å²) in [5.74, 6) is 0.915. The second-order valence-corrected chi connectivity index (χ2v) is 18.0. The first-order chi connectivity index (χ1) is 28.3. The molecule has 1 saturated heterocycles. The van der Waals surface area contributed by atoms with Gasteiger partial charge < -0.3 is 23.8 Å². The van der Waals surface area contributed by atoms with Crippen LogP contribution in [0.25, 0.3) is 0 Å². The standard InChI is InChI=1S/C51H99NO6/c1-7-13-23-31-46(32-24-14-8-2)38-43-55-49(53)35-27-19-17-21-29-40-51(57-45-48(58-51)37-42-52(11-5)12-6)41-30-22-18-20-28-36-50(54)56-44-39-47(33-25-15-9-3)34-26-16-10-4/h46-48H,7-45H2,1-6H3/t48-/m0/s1. The third-order valence-electron chi connectivity index (χ3n) is 12.9. The topological polar surface area (TPSA) is 74.3 Å². The Hall–Kier alpha value is -1.18. The molecule has 1 aliphatic rings. The molecular weight excluding hydrogens is 723 g/mol. The van der Waals surface area contributed by atoms with Crippen molar-refractivity contribution in [2.45, 2.75) is 265 Å². The Balaban J connectivity index is 2.37. The number of unbranched alkanes of at least 4 members (excludes halogenated alkanes) is 16. The van der Waals surface area contributed by atoms with Crippen LogP contribution in [-0.4, -0.2) is 68.2 Å². The van der Waals surface area contributed by atoms with Crippen LogP contribution in [0.5, 0.6) is 0 Å². The van der Waals surface area contributed by atoms with E-state index in [0.29, 0.717) is 44.5 Å². The first-order valence-corrected chi connectivity index (χ1v) is 25.7. The zero-order valence-electron chi connectivity index (χ0n) is 39.7. The van der Waals surface area contributed by atoms with Crippen LogP contribution in [-0.2, 0) is 28.5 Å². The number of hydrogen-bond acceptors (Lipinski definition) is 7. The molecule has 58 heavy (non-hydrogen) atoms. The monoisotopic (exact) mass is 822 g/mol. The lowest BCUT2D eigenvalue weighted by atomic mass is 9.92. The van der Waals surface area contributed by atoms with E-state index < -0.39 is 5.79 Å². The van der Waals surface area contributed by atoms with E-state index in [0.717, 1.165) is 116 Å². The molecule has 1 atom stereocenters. The molecule has 0 aromatic rings. The SMILES string of the molecule is CCCCCC(CCCCC)CCOC(=O)CCCCCCCC1(CCCCCCCC(=O)OCCC(CCCCC)CCCCC)OC[C@H](CCN(CC)CC)O1. The summed E-state index contributed by atoms with van der Waals surface area (Å²) in [6.07, 6.45) is 37.5. The quantitative estimate of drug-likeness (QED) is 0.0448. The van der Waals surface area contributed by atoms with E-state index in [1.54, 1.807) is 0 Å². The average molecular weight is 822 g/mol. The van der Waals surface area contributed by atoms with E-state index in [-0.39, 0.29) is 18.0 Å². The van der Waals surface area contributed by atoms with Crippen LogP contribution in [0, 0.1) is 11.8 Å². The summed E-state index contributed by atoms with van der Waals surface area (Å²) < 4.78 is 24.6. The highest BCUT2D eigenvalue weighted by Crippen LogP contribution is 2.36. The van der Waals surface area contributed by atoms with Gasteiger partial charge >= 0.3 is 11.9 Å². The molecule has 0 bridgehead atoms. The van der Waals surface area contributed by atoms with Gasteiger partial charge in [0.2, 0.25) is 0 Å². The van der Waals surface area contributed by atoms with Gasteiger partial charge in [-0.1, -0.05) is 183 Å². The Morgan fingerprint density at radius 3 is 1.33 bits per heavy atom. The Kier molecular flexibility index (Phi) is 36.6. The molecule has 0 N–H and O–H groups in total. The van der Waals surface area contributed by atoms with Gasteiger partial charge in [-0.15, -0.1) is 0 Å². The first-order valence-electron chi connectivity index (χ1n) is 25.7. The molecule has 1 aliphatic heterocycles. The summed E-state index contributed by atoms with van der Waals surface area (Å²) in [5.41, 5.74) is 0. The largest absolute Gasteiger partial charge is 0.466 e. The molecule has 344 valence electrons. The van der Waals surface area contributed by atoms with Crippen molar-refractivity contribution in [3.63, 3.8) is 0 Å². The molecule has 1 rings (SSSR count). The van der Waals surface area contributed by atoms with Crippen LogP contribution in [0.15, 0.2) is 0 Å². The second-order valence-electron chi connectivity index (χ2n) is 18.0. The minimum Gasteiger partial charge on any atom is -0.466 e. The van der Waals surface area contributed by atoms with Crippen molar-refractivity contribution in [3.8, 4) is 0 Å². The minimum atomic E-state index is -0.461. The van der Waals surface area contributed by atoms with Gasteiger partial charge in [-0.05, 0) is 69.9 Å². The van der Waals surface area contributed by atoms with E-state index in [2.05, 4.69) is 46.4 Å². The highest BCUT2D eigenvalue weighted by molar-refractivity contribution is 5.69. The summed E-state index contributed by atoms with van der Waals surface area (Å²) >= 11 is 0. The molecular formula is C51H99NO6. The van der Waals surface area contributed by atoms with Gasteiger partial charge in [0.1, 0.15) is 0 Å². The molecule has 0 radical (unpaired) electrons. The molecule has 0 amide bonds. The molecule has 0 unspecified atom stereocenters. The van der Waals surface area contributed by atoms with Crippen molar-refractivity contribution < 1.29 is 28.5 Å². The summed E-state index contributed by atoms with van der Waals surface area (Å²) in [6.45, 7) is 18.6. The van der Waals surface area contributed by atoms with E-state index in [4.69, 9.17) is 18.9 Å². The van der Waals surface area contributed by atoms with E-state index in [1.165, 1.54) is 103 Å². The Bertz CT molecular complexity index is 849. The number of hydrogen-bond donors (Lipinski definition) is 0. The molecule has 0 aliphatic carbocycles. The molecule has 0 aromatic carbocycles. The number of nitrogens with zero attached hydrogens (tertiary/aromatic N) is 1. The molecule has 0 saturated carbocycles. The van der Waals surface area contributed by atoms with E-state index in [9.17, 15) is 9.59 Å². The summed E-state index contributed by atoms with van der Waals surface area (Å²) in [4.78, 5) is 27.4. The average Bonchev–Trinajstić information content (AvgIpc) is 3.63. The number of esters is 2. The second kappa shape index (κ2) is 38.7. The van der Waals surface area contributed by atoms with Crippen molar-refractivity contribution in [1.29, 1.82) is 0 Å². The van der Waals surface area contributed by atoms with Crippen molar-refractivity contribution in [2.24, 2.45) is 11.8 Å². The molecule has 1 heterocycles. The lowest BCUT2D eigenvalue weighted by Gasteiger charge is -2.29. The molecule has 0 aromatic heterocycles. The number of carbonyl (C=O) groups is 2. The zero-order chi connectivity index (χ0) is 42.4. The van der Waals surface area contributed by atoms with Crippen molar-refractivity contribution in [3.05, 3.63) is 0 Å². The van der Waals surface area contributed by atoms with Gasteiger partial charge in [0, 0.05) is 32.2 Å².